The first-order valence-corrected chi connectivity index (χ1v) is 8.99. The highest BCUT2D eigenvalue weighted by atomic mass is 35.5. The second-order valence-corrected chi connectivity index (χ2v) is 6.70. The van der Waals surface area contributed by atoms with Gasteiger partial charge in [-0.1, -0.05) is 35.3 Å². The highest BCUT2D eigenvalue weighted by Gasteiger charge is 2.72. The quantitative estimate of drug-likeness (QED) is 0.395. The minimum atomic E-state index is -5.99. The lowest BCUT2D eigenvalue weighted by molar-refractivity contribution is -0.294. The average Bonchev–Trinajstić information content (AvgIpc) is 2.63. The smallest absolute Gasteiger partial charge is 0.439 e. The van der Waals surface area contributed by atoms with Gasteiger partial charge in [0, 0.05) is 5.69 Å². The van der Waals surface area contributed by atoms with Crippen LogP contribution in [0.3, 0.4) is 0 Å². The zero-order valence-corrected chi connectivity index (χ0v) is 16.6. The fourth-order valence-electron chi connectivity index (χ4n) is 2.44. The second-order valence-electron chi connectivity index (χ2n) is 5.88. The van der Waals surface area contributed by atoms with Crippen molar-refractivity contribution in [3.05, 3.63) is 58.1 Å². The van der Waals surface area contributed by atoms with Gasteiger partial charge in [0.25, 0.3) is 5.91 Å². The molecule has 0 aromatic heterocycles. The maximum absolute atomic E-state index is 13.8. The van der Waals surface area contributed by atoms with Crippen molar-refractivity contribution in [2.24, 2.45) is 0 Å². The molecule has 30 heavy (non-hydrogen) atoms. The summed E-state index contributed by atoms with van der Waals surface area (Å²) in [6.07, 6.45) is -12.0. The van der Waals surface area contributed by atoms with Gasteiger partial charge in [0.2, 0.25) is 0 Å². The molecule has 2 N–H and O–H groups in total. The third-order valence-electron chi connectivity index (χ3n) is 3.83. The Kier molecular flexibility index (Phi) is 7.03. The molecule has 0 unspecified atom stereocenters. The summed E-state index contributed by atoms with van der Waals surface area (Å²) in [6.45, 7) is 1.58. The van der Waals surface area contributed by atoms with E-state index >= 15 is 0 Å². The summed E-state index contributed by atoms with van der Waals surface area (Å²) in [5.41, 5.74) is -6.00. The minimum absolute atomic E-state index is 0.0372. The Bertz CT molecular complexity index is 904. The molecule has 0 fully saturated rings. The number of hydrogen-bond acceptors (Lipinski definition) is 3. The maximum atomic E-state index is 13.8. The first-order chi connectivity index (χ1) is 13.8. The monoisotopic (exact) mass is 474 g/mol. The van der Waals surface area contributed by atoms with E-state index in [-0.39, 0.29) is 22.4 Å². The summed E-state index contributed by atoms with van der Waals surface area (Å²) >= 11 is 11.3. The number of carbonyl (C=O) groups excluding carboxylic acids is 1. The van der Waals surface area contributed by atoms with E-state index in [0.29, 0.717) is 0 Å². The normalized spacial score (nSPS) is 12.4. The molecule has 2 rings (SSSR count). The standard InChI is InChI=1S/C18H14Cl2F6N2O2/c1-2-30-14-6-4-3-5-11(14)15(29)28-16(17(21,22)23,18(24,25)26)27-10-7-8-12(19)13(20)9-10/h3-9,27H,2H2,1H3,(H,28,29). The average molecular weight is 475 g/mol. The minimum Gasteiger partial charge on any atom is -0.493 e. The lowest BCUT2D eigenvalue weighted by Gasteiger charge is -2.39. The molecular formula is C18H14Cl2F6N2O2. The molecule has 0 radical (unpaired) electrons. The third-order valence-corrected chi connectivity index (χ3v) is 4.57. The maximum Gasteiger partial charge on any atom is 0.439 e. The van der Waals surface area contributed by atoms with Crippen LogP contribution in [0, 0.1) is 0 Å². The van der Waals surface area contributed by atoms with Crippen LogP contribution in [-0.4, -0.2) is 30.5 Å². The molecule has 0 saturated carbocycles. The zero-order valence-electron chi connectivity index (χ0n) is 15.1. The lowest BCUT2D eigenvalue weighted by atomic mass is 10.1. The van der Waals surface area contributed by atoms with Crippen LogP contribution in [0.2, 0.25) is 10.0 Å². The number of alkyl halides is 6. The van der Waals surface area contributed by atoms with Crippen LogP contribution >= 0.6 is 23.2 Å². The highest BCUT2D eigenvalue weighted by molar-refractivity contribution is 6.42. The van der Waals surface area contributed by atoms with E-state index in [4.69, 9.17) is 27.9 Å². The van der Waals surface area contributed by atoms with Gasteiger partial charge < -0.3 is 15.4 Å². The van der Waals surface area contributed by atoms with Crippen molar-refractivity contribution >= 4 is 34.8 Å². The zero-order chi connectivity index (χ0) is 22.7. The molecule has 12 heteroatoms. The Morgan fingerprint density at radius 3 is 2.10 bits per heavy atom. The first kappa shape index (κ1) is 23.9. The number of nitrogens with one attached hydrogen (secondary N) is 2. The van der Waals surface area contributed by atoms with Crippen molar-refractivity contribution in [2.45, 2.75) is 24.9 Å². The number of rotatable bonds is 6. The van der Waals surface area contributed by atoms with E-state index < -0.39 is 35.2 Å². The van der Waals surface area contributed by atoms with Gasteiger partial charge in [0.15, 0.2) is 0 Å². The van der Waals surface area contributed by atoms with Crippen LogP contribution in [0.25, 0.3) is 0 Å². The van der Waals surface area contributed by atoms with E-state index in [1.54, 1.807) is 0 Å². The Morgan fingerprint density at radius 1 is 0.967 bits per heavy atom. The fourth-order valence-corrected chi connectivity index (χ4v) is 2.74. The van der Waals surface area contributed by atoms with E-state index in [1.807, 2.05) is 0 Å². The predicted molar refractivity (Wildman–Crippen MR) is 100 cm³/mol. The first-order valence-electron chi connectivity index (χ1n) is 8.23. The van der Waals surface area contributed by atoms with Crippen LogP contribution in [0.1, 0.15) is 17.3 Å². The molecule has 2 aromatic carbocycles. The highest BCUT2D eigenvalue weighted by Crippen LogP contribution is 2.44. The van der Waals surface area contributed by atoms with Gasteiger partial charge in [-0.25, -0.2) is 0 Å². The SMILES string of the molecule is CCOc1ccccc1C(=O)NC(Nc1ccc(Cl)c(Cl)c1)(C(F)(F)F)C(F)(F)F. The van der Waals surface area contributed by atoms with Crippen LogP contribution in [0.15, 0.2) is 42.5 Å². The van der Waals surface area contributed by atoms with E-state index in [2.05, 4.69) is 0 Å². The van der Waals surface area contributed by atoms with Gasteiger partial charge in [-0.2, -0.15) is 26.3 Å². The van der Waals surface area contributed by atoms with Crippen molar-refractivity contribution < 1.29 is 35.9 Å². The Labute approximate surface area is 177 Å². The van der Waals surface area contributed by atoms with E-state index in [9.17, 15) is 31.1 Å². The lowest BCUT2D eigenvalue weighted by Crippen LogP contribution is -2.72. The second kappa shape index (κ2) is 8.81. The van der Waals surface area contributed by atoms with Crippen molar-refractivity contribution in [3.8, 4) is 5.75 Å². The molecule has 2 aromatic rings. The van der Waals surface area contributed by atoms with Crippen LogP contribution in [0.5, 0.6) is 5.75 Å². The van der Waals surface area contributed by atoms with Crippen molar-refractivity contribution in [3.63, 3.8) is 0 Å². The number of amides is 1. The number of carbonyl (C=O) groups is 1. The molecule has 0 aliphatic rings. The number of ether oxygens (including phenoxy) is 1. The molecule has 0 saturated heterocycles. The van der Waals surface area contributed by atoms with Gasteiger partial charge in [0.05, 0.1) is 22.2 Å². The summed E-state index contributed by atoms with van der Waals surface area (Å²) in [4.78, 5) is 12.5. The molecule has 164 valence electrons. The number of halogens is 8. The molecule has 0 bridgehead atoms. The molecule has 1 amide bonds. The summed E-state index contributed by atoms with van der Waals surface area (Å²) < 4.78 is 87.8. The van der Waals surface area contributed by atoms with Crippen molar-refractivity contribution in [1.82, 2.24) is 5.32 Å². The van der Waals surface area contributed by atoms with Gasteiger partial charge in [-0.3, -0.25) is 4.79 Å². The summed E-state index contributed by atoms with van der Waals surface area (Å²) in [6, 6.07) is 7.61. The Morgan fingerprint density at radius 2 is 1.57 bits per heavy atom. The van der Waals surface area contributed by atoms with Gasteiger partial charge in [0.1, 0.15) is 5.75 Å². The number of anilines is 1. The molecule has 0 aliphatic heterocycles. The topological polar surface area (TPSA) is 50.4 Å². The van der Waals surface area contributed by atoms with Gasteiger partial charge >= 0.3 is 18.0 Å². The van der Waals surface area contributed by atoms with Gasteiger partial charge in [-0.05, 0) is 37.3 Å². The van der Waals surface area contributed by atoms with Crippen LogP contribution < -0.4 is 15.4 Å². The fraction of sp³-hybridized carbons (Fsp3) is 0.278. The summed E-state index contributed by atoms with van der Waals surface area (Å²) in [7, 11) is 0. The Hall–Kier alpha value is -2.33. The molecule has 0 aliphatic carbocycles. The molecule has 0 atom stereocenters. The molecule has 0 spiro atoms. The van der Waals surface area contributed by atoms with Crippen molar-refractivity contribution in [1.29, 1.82) is 0 Å². The van der Waals surface area contributed by atoms with Crippen LogP contribution in [0.4, 0.5) is 32.0 Å². The van der Waals surface area contributed by atoms with E-state index in [1.165, 1.54) is 30.4 Å². The summed E-state index contributed by atoms with van der Waals surface area (Å²) in [5, 5.41) is 2.01. The number of benzene rings is 2. The summed E-state index contributed by atoms with van der Waals surface area (Å²) in [5.74, 6) is -1.83. The third kappa shape index (κ3) is 4.86. The van der Waals surface area contributed by atoms with Gasteiger partial charge in [-0.15, -0.1) is 0 Å². The number of hydrogen-bond donors (Lipinski definition) is 2. The molecule has 4 nitrogen and oxygen atoms in total. The largest absolute Gasteiger partial charge is 0.493 e. The number of para-hydroxylation sites is 1. The molecule has 0 heterocycles. The molecular weight excluding hydrogens is 461 g/mol. The van der Waals surface area contributed by atoms with E-state index in [0.717, 1.165) is 29.6 Å². The predicted octanol–water partition coefficient (Wildman–Crippen LogP) is 6.05. The Balaban J connectivity index is 2.56. The van der Waals surface area contributed by atoms with Crippen LogP contribution in [-0.2, 0) is 0 Å². The van der Waals surface area contributed by atoms with Crippen molar-refractivity contribution in [2.75, 3.05) is 11.9 Å².